The van der Waals surface area contributed by atoms with Crippen LogP contribution in [0.4, 0.5) is 4.39 Å². The molecule has 1 atom stereocenters. The Bertz CT molecular complexity index is 762. The minimum Gasteiger partial charge on any atom is -0.469 e. The van der Waals surface area contributed by atoms with E-state index in [0.717, 1.165) is 36.8 Å². The number of aliphatic imine (C=N–C) groups is 1. The summed E-state index contributed by atoms with van der Waals surface area (Å²) < 4.78 is 24.3. The normalized spacial score (nSPS) is 15.8. The van der Waals surface area contributed by atoms with E-state index in [9.17, 15) is 4.39 Å². The van der Waals surface area contributed by atoms with E-state index in [-0.39, 0.29) is 35.8 Å². The van der Waals surface area contributed by atoms with Gasteiger partial charge >= 0.3 is 0 Å². The van der Waals surface area contributed by atoms with E-state index in [1.165, 1.54) is 12.1 Å². The van der Waals surface area contributed by atoms with Crippen molar-refractivity contribution in [3.63, 3.8) is 0 Å². The van der Waals surface area contributed by atoms with Gasteiger partial charge in [-0.1, -0.05) is 18.2 Å². The third-order valence-corrected chi connectivity index (χ3v) is 4.82. The molecular weight excluding hydrogens is 498 g/mol. The molecular formula is C22H30FIN4O2. The number of hydrogen-bond donors (Lipinski definition) is 2. The lowest BCUT2D eigenvalue weighted by Crippen LogP contribution is -2.42. The first-order chi connectivity index (χ1) is 14.3. The number of ether oxygens (including phenoxy) is 1. The van der Waals surface area contributed by atoms with E-state index in [1.54, 1.807) is 12.3 Å². The first-order valence-corrected chi connectivity index (χ1v) is 9.99. The summed E-state index contributed by atoms with van der Waals surface area (Å²) in [5, 5.41) is 6.60. The standard InChI is InChI=1S/C22H29FN4O2.HI/c1-2-10-24-22(25-11-9-20-4-3-14-29-20)26-17-21(27-12-15-28-16-13-27)18-5-7-19(23)8-6-18;/h2-8,14,21H,1,9-13,15-17H2,(H2,24,25,26);1H. The topological polar surface area (TPSA) is 62.0 Å². The Morgan fingerprint density at radius 3 is 2.63 bits per heavy atom. The molecule has 2 aromatic rings. The smallest absolute Gasteiger partial charge is 0.191 e. The van der Waals surface area contributed by atoms with Crippen LogP contribution in [-0.2, 0) is 11.2 Å². The fourth-order valence-corrected chi connectivity index (χ4v) is 3.29. The van der Waals surface area contributed by atoms with Crippen molar-refractivity contribution in [3.05, 3.63) is 72.5 Å². The van der Waals surface area contributed by atoms with Gasteiger partial charge in [0, 0.05) is 32.6 Å². The Morgan fingerprint density at radius 2 is 1.97 bits per heavy atom. The molecule has 0 aliphatic carbocycles. The fraction of sp³-hybridized carbons (Fsp3) is 0.409. The molecule has 2 N–H and O–H groups in total. The van der Waals surface area contributed by atoms with Crippen LogP contribution in [0.5, 0.6) is 0 Å². The zero-order valence-corrected chi connectivity index (χ0v) is 19.4. The van der Waals surface area contributed by atoms with Crippen molar-refractivity contribution in [2.75, 3.05) is 45.9 Å². The van der Waals surface area contributed by atoms with Gasteiger partial charge in [-0.2, -0.15) is 0 Å². The number of guanidine groups is 1. The van der Waals surface area contributed by atoms with Crippen molar-refractivity contribution < 1.29 is 13.5 Å². The van der Waals surface area contributed by atoms with Crippen molar-refractivity contribution in [1.82, 2.24) is 15.5 Å². The second-order valence-corrected chi connectivity index (χ2v) is 6.83. The molecule has 1 aromatic carbocycles. The van der Waals surface area contributed by atoms with Crippen LogP contribution in [0.15, 0.2) is 64.7 Å². The summed E-state index contributed by atoms with van der Waals surface area (Å²) in [4.78, 5) is 7.14. The highest BCUT2D eigenvalue weighted by Gasteiger charge is 2.22. The van der Waals surface area contributed by atoms with Crippen molar-refractivity contribution in [3.8, 4) is 0 Å². The minimum atomic E-state index is -0.231. The Balaban J connectivity index is 0.00000320. The summed E-state index contributed by atoms with van der Waals surface area (Å²) in [6.45, 7) is 8.70. The maximum absolute atomic E-state index is 13.4. The third kappa shape index (κ3) is 7.73. The van der Waals surface area contributed by atoms with E-state index >= 15 is 0 Å². The maximum Gasteiger partial charge on any atom is 0.191 e. The van der Waals surface area contributed by atoms with Crippen LogP contribution in [0.1, 0.15) is 17.4 Å². The molecule has 1 aliphatic rings. The highest BCUT2D eigenvalue weighted by molar-refractivity contribution is 14.0. The highest BCUT2D eigenvalue weighted by Crippen LogP contribution is 2.22. The van der Waals surface area contributed by atoms with Gasteiger partial charge < -0.3 is 19.8 Å². The quantitative estimate of drug-likeness (QED) is 0.226. The number of nitrogens with zero attached hydrogens (tertiary/aromatic N) is 2. The zero-order chi connectivity index (χ0) is 20.3. The van der Waals surface area contributed by atoms with Gasteiger partial charge in [-0.25, -0.2) is 4.39 Å². The molecule has 3 rings (SSSR count). The Morgan fingerprint density at radius 1 is 1.20 bits per heavy atom. The summed E-state index contributed by atoms with van der Waals surface area (Å²) in [6.07, 6.45) is 4.24. The van der Waals surface area contributed by atoms with Crippen molar-refractivity contribution in [1.29, 1.82) is 0 Å². The molecule has 0 bridgehead atoms. The molecule has 8 heteroatoms. The molecule has 0 radical (unpaired) electrons. The SMILES string of the molecule is C=CCNC(=NCC(c1ccc(F)cc1)N1CCOCC1)NCCc1ccco1.I. The van der Waals surface area contributed by atoms with Crippen LogP contribution in [0.2, 0.25) is 0 Å². The van der Waals surface area contributed by atoms with Gasteiger partial charge in [0.15, 0.2) is 5.96 Å². The predicted octanol–water partition coefficient (Wildman–Crippen LogP) is 3.37. The maximum atomic E-state index is 13.4. The van der Waals surface area contributed by atoms with E-state index in [2.05, 4.69) is 22.1 Å². The summed E-state index contributed by atoms with van der Waals surface area (Å²) in [5.74, 6) is 1.42. The lowest BCUT2D eigenvalue weighted by molar-refractivity contribution is 0.0179. The van der Waals surface area contributed by atoms with E-state index in [1.807, 2.05) is 24.3 Å². The van der Waals surface area contributed by atoms with Crippen molar-refractivity contribution in [2.45, 2.75) is 12.5 Å². The average Bonchev–Trinajstić information content (AvgIpc) is 3.27. The van der Waals surface area contributed by atoms with Gasteiger partial charge in [-0.05, 0) is 29.8 Å². The van der Waals surface area contributed by atoms with Gasteiger partial charge in [0.2, 0.25) is 0 Å². The first kappa shape index (κ1) is 24.4. The number of morpholine rings is 1. The molecule has 0 amide bonds. The number of hydrogen-bond acceptors (Lipinski definition) is 4. The lowest BCUT2D eigenvalue weighted by Gasteiger charge is -2.34. The average molecular weight is 528 g/mol. The van der Waals surface area contributed by atoms with Gasteiger partial charge in [-0.15, -0.1) is 30.6 Å². The number of halogens is 2. The summed E-state index contributed by atoms with van der Waals surface area (Å²) in [5.41, 5.74) is 1.05. The van der Waals surface area contributed by atoms with Gasteiger partial charge in [0.25, 0.3) is 0 Å². The summed E-state index contributed by atoms with van der Waals surface area (Å²) in [7, 11) is 0. The third-order valence-electron chi connectivity index (χ3n) is 4.82. The lowest BCUT2D eigenvalue weighted by atomic mass is 10.0. The molecule has 1 saturated heterocycles. The molecule has 2 heterocycles. The Labute approximate surface area is 194 Å². The van der Waals surface area contributed by atoms with E-state index in [4.69, 9.17) is 14.1 Å². The van der Waals surface area contributed by atoms with Crippen LogP contribution in [-0.4, -0.2) is 56.8 Å². The second kappa shape index (κ2) is 13.4. The number of furan rings is 1. The van der Waals surface area contributed by atoms with Gasteiger partial charge in [-0.3, -0.25) is 9.89 Å². The number of benzene rings is 1. The van der Waals surface area contributed by atoms with Crippen molar-refractivity contribution >= 4 is 29.9 Å². The van der Waals surface area contributed by atoms with Crippen LogP contribution in [0.25, 0.3) is 0 Å². The minimum absolute atomic E-state index is 0. The molecule has 1 unspecified atom stereocenters. The fourth-order valence-electron chi connectivity index (χ4n) is 3.29. The Hall–Kier alpha value is -1.91. The summed E-state index contributed by atoms with van der Waals surface area (Å²) in [6, 6.07) is 10.6. The monoisotopic (exact) mass is 528 g/mol. The molecule has 1 aliphatic heterocycles. The molecule has 30 heavy (non-hydrogen) atoms. The highest BCUT2D eigenvalue weighted by atomic mass is 127. The molecule has 6 nitrogen and oxygen atoms in total. The van der Waals surface area contributed by atoms with Crippen LogP contribution in [0.3, 0.4) is 0 Å². The summed E-state index contributed by atoms with van der Waals surface area (Å²) >= 11 is 0. The van der Waals surface area contributed by atoms with Gasteiger partial charge in [0.05, 0.1) is 32.1 Å². The van der Waals surface area contributed by atoms with Crippen LogP contribution in [0, 0.1) is 5.82 Å². The molecule has 0 saturated carbocycles. The Kier molecular flexibility index (Phi) is 10.9. The molecule has 1 aromatic heterocycles. The van der Waals surface area contributed by atoms with Crippen LogP contribution >= 0.6 is 24.0 Å². The van der Waals surface area contributed by atoms with Gasteiger partial charge in [0.1, 0.15) is 11.6 Å². The zero-order valence-electron chi connectivity index (χ0n) is 17.1. The van der Waals surface area contributed by atoms with Crippen LogP contribution < -0.4 is 10.6 Å². The number of nitrogens with one attached hydrogen (secondary N) is 2. The second-order valence-electron chi connectivity index (χ2n) is 6.83. The molecule has 1 fully saturated rings. The van der Waals surface area contributed by atoms with E-state index in [0.29, 0.717) is 32.8 Å². The molecule has 0 spiro atoms. The number of rotatable bonds is 9. The van der Waals surface area contributed by atoms with Crippen molar-refractivity contribution in [2.24, 2.45) is 4.99 Å². The predicted molar refractivity (Wildman–Crippen MR) is 128 cm³/mol. The largest absolute Gasteiger partial charge is 0.469 e. The van der Waals surface area contributed by atoms with E-state index < -0.39 is 0 Å². The first-order valence-electron chi connectivity index (χ1n) is 9.99. The molecule has 164 valence electrons.